The maximum absolute atomic E-state index is 12.6. The average Bonchev–Trinajstić information content (AvgIpc) is 2.78. The highest BCUT2D eigenvalue weighted by Crippen LogP contribution is 2.30. The van der Waals surface area contributed by atoms with Crippen LogP contribution >= 0.6 is 0 Å². The minimum atomic E-state index is -0.388. The molecule has 0 aromatic carbocycles. The molecule has 2 fully saturated rings. The molecular formula is C10H12FN3O. The van der Waals surface area contributed by atoms with Crippen LogP contribution in [-0.4, -0.2) is 36.3 Å². The average molecular weight is 209 g/mol. The summed E-state index contributed by atoms with van der Waals surface area (Å²) in [5, 5.41) is 0. The third kappa shape index (κ3) is 1.56. The van der Waals surface area contributed by atoms with Crippen LogP contribution < -0.4 is 4.90 Å². The van der Waals surface area contributed by atoms with Gasteiger partial charge < -0.3 is 9.64 Å². The van der Waals surface area contributed by atoms with Crippen molar-refractivity contribution in [2.45, 2.75) is 0 Å². The Bertz CT molecular complexity index is 344. The number of hydrogen-bond donors (Lipinski definition) is 0. The van der Waals surface area contributed by atoms with Crippen LogP contribution in [0.15, 0.2) is 12.4 Å². The van der Waals surface area contributed by atoms with E-state index in [0.717, 1.165) is 26.3 Å². The molecule has 15 heavy (non-hydrogen) atoms. The van der Waals surface area contributed by atoms with Crippen molar-refractivity contribution in [1.82, 2.24) is 9.97 Å². The van der Waals surface area contributed by atoms with Crippen molar-refractivity contribution in [2.24, 2.45) is 11.8 Å². The molecule has 5 heteroatoms. The van der Waals surface area contributed by atoms with Crippen LogP contribution in [0.25, 0.3) is 0 Å². The summed E-state index contributed by atoms with van der Waals surface area (Å²) >= 11 is 0. The summed E-state index contributed by atoms with van der Waals surface area (Å²) in [6.07, 6.45) is 2.43. The van der Waals surface area contributed by atoms with E-state index < -0.39 is 0 Å². The predicted molar refractivity (Wildman–Crippen MR) is 52.0 cm³/mol. The first kappa shape index (κ1) is 9.03. The lowest BCUT2D eigenvalue weighted by molar-refractivity contribution is 0.177. The number of halogens is 1. The van der Waals surface area contributed by atoms with Crippen molar-refractivity contribution in [3.63, 3.8) is 0 Å². The van der Waals surface area contributed by atoms with E-state index in [-0.39, 0.29) is 5.82 Å². The second-order valence-corrected chi connectivity index (χ2v) is 4.16. The molecule has 0 aliphatic carbocycles. The number of rotatable bonds is 1. The molecule has 3 heterocycles. The zero-order valence-electron chi connectivity index (χ0n) is 8.27. The molecule has 0 radical (unpaired) electrons. The summed E-state index contributed by atoms with van der Waals surface area (Å²) < 4.78 is 18.0. The van der Waals surface area contributed by atoms with Gasteiger partial charge in [0.2, 0.25) is 5.95 Å². The number of nitrogens with zero attached hydrogens (tertiary/aromatic N) is 3. The van der Waals surface area contributed by atoms with Crippen LogP contribution in [0.3, 0.4) is 0 Å². The Labute approximate surface area is 87.1 Å². The fraction of sp³-hybridized carbons (Fsp3) is 0.600. The Kier molecular flexibility index (Phi) is 2.05. The van der Waals surface area contributed by atoms with Gasteiger partial charge in [-0.05, 0) is 0 Å². The number of ether oxygens (including phenoxy) is 1. The van der Waals surface area contributed by atoms with Gasteiger partial charge in [-0.25, -0.2) is 14.4 Å². The predicted octanol–water partition coefficient (Wildman–Crippen LogP) is 0.698. The normalized spacial score (nSPS) is 29.5. The quantitative estimate of drug-likeness (QED) is 0.682. The maximum Gasteiger partial charge on any atom is 0.225 e. The van der Waals surface area contributed by atoms with E-state index in [1.54, 1.807) is 0 Å². The summed E-state index contributed by atoms with van der Waals surface area (Å²) in [6.45, 7) is 3.53. The van der Waals surface area contributed by atoms with Gasteiger partial charge in [0.05, 0.1) is 25.6 Å². The zero-order chi connectivity index (χ0) is 10.3. The van der Waals surface area contributed by atoms with E-state index in [4.69, 9.17) is 4.74 Å². The second kappa shape index (κ2) is 3.41. The standard InChI is InChI=1S/C10H12FN3O/c11-9-1-12-10(13-2-9)14-3-7-5-15-6-8(7)4-14/h1-2,7-8H,3-6H2/t7-,8+. The molecule has 2 saturated heterocycles. The number of fused-ring (bicyclic) bond motifs is 1. The second-order valence-electron chi connectivity index (χ2n) is 4.16. The minimum absolute atomic E-state index is 0.388. The highest BCUT2D eigenvalue weighted by atomic mass is 19.1. The monoisotopic (exact) mass is 209 g/mol. The molecule has 1 aromatic rings. The molecule has 2 atom stereocenters. The summed E-state index contributed by atoms with van der Waals surface area (Å²) in [5.41, 5.74) is 0. The van der Waals surface area contributed by atoms with Gasteiger partial charge in [0.1, 0.15) is 0 Å². The van der Waals surface area contributed by atoms with Crippen LogP contribution in [0.5, 0.6) is 0 Å². The molecule has 0 N–H and O–H groups in total. The minimum Gasteiger partial charge on any atom is -0.381 e. The molecule has 1 aromatic heterocycles. The lowest BCUT2D eigenvalue weighted by Gasteiger charge is -2.16. The van der Waals surface area contributed by atoms with Gasteiger partial charge in [-0.2, -0.15) is 0 Å². The van der Waals surface area contributed by atoms with Gasteiger partial charge in [0, 0.05) is 24.9 Å². The van der Waals surface area contributed by atoms with Crippen molar-refractivity contribution in [3.8, 4) is 0 Å². The molecule has 2 aliphatic rings. The van der Waals surface area contributed by atoms with Crippen molar-refractivity contribution < 1.29 is 9.13 Å². The van der Waals surface area contributed by atoms with Crippen LogP contribution in [0, 0.1) is 17.7 Å². The molecular weight excluding hydrogens is 197 g/mol. The van der Waals surface area contributed by atoms with Crippen LogP contribution in [-0.2, 0) is 4.74 Å². The van der Waals surface area contributed by atoms with Crippen molar-refractivity contribution >= 4 is 5.95 Å². The Morgan fingerprint density at radius 2 is 1.80 bits per heavy atom. The lowest BCUT2D eigenvalue weighted by atomic mass is 10.0. The van der Waals surface area contributed by atoms with Gasteiger partial charge >= 0.3 is 0 Å². The van der Waals surface area contributed by atoms with Crippen molar-refractivity contribution in [2.75, 3.05) is 31.2 Å². The molecule has 0 bridgehead atoms. The Morgan fingerprint density at radius 1 is 1.20 bits per heavy atom. The smallest absolute Gasteiger partial charge is 0.225 e. The zero-order valence-corrected chi connectivity index (χ0v) is 8.27. The number of hydrogen-bond acceptors (Lipinski definition) is 4. The van der Waals surface area contributed by atoms with Crippen molar-refractivity contribution in [1.29, 1.82) is 0 Å². The molecule has 3 rings (SSSR count). The third-order valence-electron chi connectivity index (χ3n) is 3.13. The van der Waals surface area contributed by atoms with Crippen molar-refractivity contribution in [3.05, 3.63) is 18.2 Å². The summed E-state index contributed by atoms with van der Waals surface area (Å²) in [6, 6.07) is 0. The maximum atomic E-state index is 12.6. The lowest BCUT2D eigenvalue weighted by Crippen LogP contribution is -2.24. The Balaban J connectivity index is 1.76. The first-order valence-corrected chi connectivity index (χ1v) is 5.13. The first-order valence-electron chi connectivity index (χ1n) is 5.13. The molecule has 2 aliphatic heterocycles. The topological polar surface area (TPSA) is 38.2 Å². The number of anilines is 1. The first-order chi connectivity index (χ1) is 7.33. The van der Waals surface area contributed by atoms with Gasteiger partial charge in [-0.1, -0.05) is 0 Å². The molecule has 4 nitrogen and oxygen atoms in total. The molecule has 80 valence electrons. The van der Waals surface area contributed by atoms with E-state index in [1.165, 1.54) is 12.4 Å². The Morgan fingerprint density at radius 3 is 2.40 bits per heavy atom. The fourth-order valence-corrected chi connectivity index (χ4v) is 2.32. The molecule has 0 saturated carbocycles. The van der Waals surface area contributed by atoms with Crippen LogP contribution in [0.2, 0.25) is 0 Å². The van der Waals surface area contributed by atoms with Gasteiger partial charge in [-0.3, -0.25) is 0 Å². The largest absolute Gasteiger partial charge is 0.381 e. The van der Waals surface area contributed by atoms with E-state index in [9.17, 15) is 4.39 Å². The summed E-state index contributed by atoms with van der Waals surface area (Å²) in [4.78, 5) is 10.1. The molecule has 0 amide bonds. The third-order valence-corrected chi connectivity index (χ3v) is 3.13. The van der Waals surface area contributed by atoms with E-state index in [1.807, 2.05) is 0 Å². The summed E-state index contributed by atoms with van der Waals surface area (Å²) in [7, 11) is 0. The highest BCUT2D eigenvalue weighted by molar-refractivity contribution is 5.31. The van der Waals surface area contributed by atoms with Crippen LogP contribution in [0.1, 0.15) is 0 Å². The summed E-state index contributed by atoms with van der Waals surface area (Å²) in [5.74, 6) is 1.43. The molecule has 0 unspecified atom stereocenters. The van der Waals surface area contributed by atoms with Gasteiger partial charge in [-0.15, -0.1) is 0 Å². The van der Waals surface area contributed by atoms with Crippen LogP contribution in [0.4, 0.5) is 10.3 Å². The van der Waals surface area contributed by atoms with E-state index in [0.29, 0.717) is 17.8 Å². The molecule has 0 spiro atoms. The van der Waals surface area contributed by atoms with Gasteiger partial charge in [0.25, 0.3) is 0 Å². The van der Waals surface area contributed by atoms with E-state index >= 15 is 0 Å². The Hall–Kier alpha value is -1.23. The van der Waals surface area contributed by atoms with Gasteiger partial charge in [0.15, 0.2) is 5.82 Å². The van der Waals surface area contributed by atoms with E-state index in [2.05, 4.69) is 14.9 Å². The fourth-order valence-electron chi connectivity index (χ4n) is 2.32. The number of aromatic nitrogens is 2. The highest BCUT2D eigenvalue weighted by Gasteiger charge is 2.37. The SMILES string of the molecule is Fc1cnc(N2C[C@H]3COC[C@H]3C2)nc1.